The molecule has 0 rings (SSSR count). The summed E-state index contributed by atoms with van der Waals surface area (Å²) in [7, 11) is -3.41. The van der Waals surface area contributed by atoms with E-state index in [-0.39, 0.29) is 18.3 Å². The van der Waals surface area contributed by atoms with Gasteiger partial charge in [-0.1, -0.05) is 13.3 Å². The van der Waals surface area contributed by atoms with Crippen molar-refractivity contribution in [2.24, 2.45) is 5.73 Å². The van der Waals surface area contributed by atoms with Crippen molar-refractivity contribution in [2.45, 2.75) is 44.9 Å². The third kappa shape index (κ3) is 4.94. The summed E-state index contributed by atoms with van der Waals surface area (Å²) in [5.41, 5.74) is 5.19. The minimum absolute atomic E-state index is 0.00743. The molecule has 0 aromatic heterocycles. The Labute approximate surface area is 97.7 Å². The first kappa shape index (κ1) is 15.4. The van der Waals surface area contributed by atoms with Gasteiger partial charge in [-0.05, 0) is 20.3 Å². The van der Waals surface area contributed by atoms with Crippen LogP contribution in [0.1, 0.15) is 33.6 Å². The van der Waals surface area contributed by atoms with Crippen molar-refractivity contribution in [3.05, 3.63) is 0 Å². The second kappa shape index (κ2) is 6.85. The Balaban J connectivity index is 4.39. The highest BCUT2D eigenvalue weighted by molar-refractivity contribution is 7.92. The summed E-state index contributed by atoms with van der Waals surface area (Å²) in [6.07, 6.45) is 1.79. The molecule has 16 heavy (non-hydrogen) atoms. The lowest BCUT2D eigenvalue weighted by molar-refractivity contribution is -0.121. The van der Waals surface area contributed by atoms with Gasteiger partial charge in [-0.15, -0.1) is 0 Å². The summed E-state index contributed by atoms with van der Waals surface area (Å²) in [6.45, 7) is 5.32. The zero-order valence-electron chi connectivity index (χ0n) is 10.2. The van der Waals surface area contributed by atoms with E-state index in [2.05, 4.69) is 5.32 Å². The molecular formula is C10H22N2O3S. The first-order chi connectivity index (χ1) is 7.35. The van der Waals surface area contributed by atoms with Crippen LogP contribution in [0.5, 0.6) is 0 Å². The largest absolute Gasteiger partial charge is 0.353 e. The zero-order chi connectivity index (χ0) is 12.8. The Morgan fingerprint density at radius 1 is 1.38 bits per heavy atom. The second-order valence-electron chi connectivity index (χ2n) is 4.00. The van der Waals surface area contributed by atoms with Crippen molar-refractivity contribution in [2.75, 3.05) is 12.3 Å². The van der Waals surface area contributed by atoms with E-state index in [4.69, 9.17) is 5.73 Å². The fourth-order valence-electron chi connectivity index (χ4n) is 1.37. The number of nitrogens with one attached hydrogen (secondary N) is 1. The molecule has 0 fully saturated rings. The number of nitrogens with two attached hydrogens (primary N) is 1. The van der Waals surface area contributed by atoms with Gasteiger partial charge in [-0.2, -0.15) is 0 Å². The molecule has 5 nitrogen and oxygen atoms in total. The highest BCUT2D eigenvalue weighted by Crippen LogP contribution is 2.03. The normalized spacial score (nSPS) is 15.5. The van der Waals surface area contributed by atoms with Crippen LogP contribution < -0.4 is 11.1 Å². The minimum Gasteiger partial charge on any atom is -0.353 e. The average molecular weight is 250 g/mol. The molecule has 0 aromatic rings. The van der Waals surface area contributed by atoms with E-state index in [0.717, 1.165) is 12.8 Å². The quantitative estimate of drug-likeness (QED) is 0.668. The van der Waals surface area contributed by atoms with Gasteiger partial charge in [0.1, 0.15) is 5.25 Å². The number of sulfone groups is 1. The average Bonchev–Trinajstić information content (AvgIpc) is 2.16. The fourth-order valence-corrected chi connectivity index (χ4v) is 2.45. The Bertz CT molecular complexity index is 314. The zero-order valence-corrected chi connectivity index (χ0v) is 11.0. The van der Waals surface area contributed by atoms with Crippen LogP contribution in [-0.2, 0) is 14.6 Å². The van der Waals surface area contributed by atoms with Gasteiger partial charge in [-0.3, -0.25) is 4.79 Å². The van der Waals surface area contributed by atoms with Crippen molar-refractivity contribution in [1.29, 1.82) is 0 Å². The summed E-state index contributed by atoms with van der Waals surface area (Å²) in [5.74, 6) is -0.585. The third-order valence-electron chi connectivity index (χ3n) is 2.42. The maximum Gasteiger partial charge on any atom is 0.238 e. The Morgan fingerprint density at radius 2 is 1.94 bits per heavy atom. The van der Waals surface area contributed by atoms with Gasteiger partial charge in [0.25, 0.3) is 0 Å². The predicted octanol–water partition coefficient (Wildman–Crippen LogP) is 0.0532. The molecule has 0 saturated heterocycles. The number of hydrogen-bond acceptors (Lipinski definition) is 4. The lowest BCUT2D eigenvalue weighted by atomic mass is 10.2. The summed E-state index contributed by atoms with van der Waals surface area (Å²) in [6, 6.07) is 0.00743. The molecule has 0 bridgehead atoms. The van der Waals surface area contributed by atoms with Gasteiger partial charge in [0.05, 0.1) is 5.75 Å². The lowest BCUT2D eigenvalue weighted by Crippen LogP contribution is -2.43. The SMILES string of the molecule is CCCC(C)NC(=O)C(C)S(=O)(=O)CCN. The van der Waals surface area contributed by atoms with Gasteiger partial charge in [-0.25, -0.2) is 8.42 Å². The topological polar surface area (TPSA) is 89.3 Å². The van der Waals surface area contributed by atoms with E-state index in [9.17, 15) is 13.2 Å². The third-order valence-corrected chi connectivity index (χ3v) is 4.52. The van der Waals surface area contributed by atoms with Gasteiger partial charge in [0.2, 0.25) is 5.91 Å². The smallest absolute Gasteiger partial charge is 0.238 e. The number of rotatable bonds is 7. The predicted molar refractivity (Wildman–Crippen MR) is 64.8 cm³/mol. The molecule has 0 aromatic carbocycles. The van der Waals surface area contributed by atoms with E-state index in [1.165, 1.54) is 6.92 Å². The van der Waals surface area contributed by atoms with Gasteiger partial charge in [0, 0.05) is 12.6 Å². The fraction of sp³-hybridized carbons (Fsp3) is 0.900. The van der Waals surface area contributed by atoms with Crippen LogP contribution in [0.25, 0.3) is 0 Å². The minimum atomic E-state index is -3.41. The lowest BCUT2D eigenvalue weighted by Gasteiger charge is -2.17. The van der Waals surface area contributed by atoms with Crippen molar-refractivity contribution >= 4 is 15.7 Å². The molecular weight excluding hydrogens is 228 g/mol. The highest BCUT2D eigenvalue weighted by Gasteiger charge is 2.27. The molecule has 1 amide bonds. The van der Waals surface area contributed by atoms with E-state index in [0.29, 0.717) is 0 Å². The summed E-state index contributed by atoms with van der Waals surface area (Å²) < 4.78 is 23.1. The Kier molecular flexibility index (Phi) is 6.59. The van der Waals surface area contributed by atoms with E-state index >= 15 is 0 Å². The standard InChI is InChI=1S/C10H22N2O3S/c1-4-5-8(2)12-10(13)9(3)16(14,15)7-6-11/h8-9H,4-7,11H2,1-3H3,(H,12,13). The number of amides is 1. The number of hydrogen-bond donors (Lipinski definition) is 2. The number of carbonyl (C=O) groups excluding carboxylic acids is 1. The van der Waals surface area contributed by atoms with Crippen LogP contribution in [0, 0.1) is 0 Å². The molecule has 0 aliphatic heterocycles. The van der Waals surface area contributed by atoms with E-state index in [1.54, 1.807) is 0 Å². The maximum absolute atomic E-state index is 11.6. The maximum atomic E-state index is 11.6. The van der Waals surface area contributed by atoms with Crippen molar-refractivity contribution < 1.29 is 13.2 Å². The molecule has 0 spiro atoms. The Hall–Kier alpha value is -0.620. The first-order valence-electron chi connectivity index (χ1n) is 5.57. The van der Waals surface area contributed by atoms with Crippen LogP contribution in [0.4, 0.5) is 0 Å². The van der Waals surface area contributed by atoms with Crippen LogP contribution in [0.15, 0.2) is 0 Å². The van der Waals surface area contributed by atoms with E-state index < -0.39 is 21.0 Å². The summed E-state index contributed by atoms with van der Waals surface area (Å²) >= 11 is 0. The van der Waals surface area contributed by atoms with Crippen LogP contribution >= 0.6 is 0 Å². The van der Waals surface area contributed by atoms with E-state index in [1.807, 2.05) is 13.8 Å². The highest BCUT2D eigenvalue weighted by atomic mass is 32.2. The Morgan fingerprint density at radius 3 is 2.38 bits per heavy atom. The van der Waals surface area contributed by atoms with Gasteiger partial charge in [0.15, 0.2) is 9.84 Å². The molecule has 2 atom stereocenters. The van der Waals surface area contributed by atoms with Crippen molar-refractivity contribution in [1.82, 2.24) is 5.32 Å². The molecule has 96 valence electrons. The van der Waals surface area contributed by atoms with Crippen LogP contribution in [0.2, 0.25) is 0 Å². The van der Waals surface area contributed by atoms with Gasteiger partial charge < -0.3 is 11.1 Å². The van der Waals surface area contributed by atoms with Crippen LogP contribution in [-0.4, -0.2) is 37.9 Å². The molecule has 0 radical (unpaired) electrons. The summed E-state index contributed by atoms with van der Waals surface area (Å²) in [4.78, 5) is 11.6. The molecule has 6 heteroatoms. The van der Waals surface area contributed by atoms with Crippen LogP contribution in [0.3, 0.4) is 0 Å². The first-order valence-corrected chi connectivity index (χ1v) is 7.28. The van der Waals surface area contributed by atoms with Crippen molar-refractivity contribution in [3.63, 3.8) is 0 Å². The molecule has 0 saturated carbocycles. The molecule has 2 unspecified atom stereocenters. The monoisotopic (exact) mass is 250 g/mol. The van der Waals surface area contributed by atoms with Crippen molar-refractivity contribution in [3.8, 4) is 0 Å². The second-order valence-corrected chi connectivity index (χ2v) is 6.44. The molecule has 3 N–H and O–H groups in total. The number of carbonyl (C=O) groups is 1. The summed E-state index contributed by atoms with van der Waals surface area (Å²) in [5, 5.41) is 1.67. The molecule has 0 heterocycles. The molecule has 0 aliphatic carbocycles. The molecule has 0 aliphatic rings. The van der Waals surface area contributed by atoms with Gasteiger partial charge >= 0.3 is 0 Å².